The van der Waals surface area contributed by atoms with Crippen molar-refractivity contribution < 1.29 is 28.6 Å². The molecule has 0 aliphatic carbocycles. The van der Waals surface area contributed by atoms with E-state index in [1.165, 1.54) is 18.0 Å². The number of benzene rings is 1. The number of thiophene rings is 2. The normalized spacial score (nSPS) is 11.0. The topological polar surface area (TPSA) is 126 Å². The molecule has 3 heterocycles. The van der Waals surface area contributed by atoms with Gasteiger partial charge in [-0.3, -0.25) is 14.2 Å². The summed E-state index contributed by atoms with van der Waals surface area (Å²) in [6, 6.07) is 9.53. The number of anilines is 1. The van der Waals surface area contributed by atoms with E-state index in [9.17, 15) is 19.2 Å². The van der Waals surface area contributed by atoms with E-state index in [1.807, 2.05) is 30.3 Å². The molecule has 12 heteroatoms. The molecule has 0 spiro atoms. The fourth-order valence-corrected chi connectivity index (χ4v) is 6.08. The molecule has 0 fully saturated rings. The smallest absolute Gasteiger partial charge is 0.348 e. The Hall–Kier alpha value is -3.87. The van der Waals surface area contributed by atoms with Crippen LogP contribution in [0.3, 0.4) is 0 Å². The summed E-state index contributed by atoms with van der Waals surface area (Å²) in [5, 5.41) is 3.26. The lowest BCUT2D eigenvalue weighted by atomic mass is 10.1. The lowest BCUT2D eigenvalue weighted by Crippen LogP contribution is -2.21. The Morgan fingerprint density at radius 1 is 0.974 bits per heavy atom. The summed E-state index contributed by atoms with van der Waals surface area (Å²) in [6.07, 6.45) is 1.47. The minimum Gasteiger partial charge on any atom is -0.462 e. The molecule has 1 amide bonds. The van der Waals surface area contributed by atoms with Gasteiger partial charge in [0.1, 0.15) is 21.3 Å². The van der Waals surface area contributed by atoms with Gasteiger partial charge < -0.3 is 19.5 Å². The van der Waals surface area contributed by atoms with Crippen LogP contribution in [0.5, 0.6) is 0 Å². The summed E-state index contributed by atoms with van der Waals surface area (Å²) < 4.78 is 16.8. The van der Waals surface area contributed by atoms with Crippen LogP contribution in [0.4, 0.5) is 5.00 Å². The molecule has 0 atom stereocenters. The molecule has 0 radical (unpaired) electrons. The second kappa shape index (κ2) is 12.3. The van der Waals surface area contributed by atoms with Gasteiger partial charge in [0, 0.05) is 7.11 Å². The number of carbonyl (C=O) groups is 3. The predicted octanol–water partition coefficient (Wildman–Crippen LogP) is 4.42. The Morgan fingerprint density at radius 3 is 2.41 bits per heavy atom. The maximum Gasteiger partial charge on any atom is 0.348 e. The summed E-state index contributed by atoms with van der Waals surface area (Å²) in [7, 11) is 1.49. The number of nitrogens with one attached hydrogen (secondary N) is 1. The van der Waals surface area contributed by atoms with Gasteiger partial charge in [0.15, 0.2) is 0 Å². The highest BCUT2D eigenvalue weighted by Crippen LogP contribution is 2.36. The predicted molar refractivity (Wildman–Crippen MR) is 149 cm³/mol. The number of fused-ring (bicyclic) bond motifs is 1. The van der Waals surface area contributed by atoms with Gasteiger partial charge in [0.25, 0.3) is 11.5 Å². The van der Waals surface area contributed by atoms with E-state index in [2.05, 4.69) is 10.3 Å². The second-order valence-corrected chi connectivity index (χ2v) is 10.5. The van der Waals surface area contributed by atoms with Crippen molar-refractivity contribution in [1.82, 2.24) is 9.55 Å². The largest absolute Gasteiger partial charge is 0.462 e. The van der Waals surface area contributed by atoms with Crippen LogP contribution in [-0.4, -0.2) is 54.3 Å². The van der Waals surface area contributed by atoms with Crippen LogP contribution >= 0.6 is 22.7 Å². The summed E-state index contributed by atoms with van der Waals surface area (Å²) in [5.41, 5.74) is 1.60. The lowest BCUT2D eigenvalue weighted by molar-refractivity contribution is 0.0392. The van der Waals surface area contributed by atoms with E-state index in [1.54, 1.807) is 20.8 Å². The molecule has 0 aliphatic heterocycles. The van der Waals surface area contributed by atoms with Crippen molar-refractivity contribution >= 4 is 55.7 Å². The Morgan fingerprint density at radius 2 is 1.72 bits per heavy atom. The molecular formula is C27H27N3O7S2. The zero-order chi connectivity index (χ0) is 28.1. The maximum absolute atomic E-state index is 13.4. The molecule has 3 aromatic heterocycles. The fourth-order valence-electron chi connectivity index (χ4n) is 3.96. The van der Waals surface area contributed by atoms with E-state index in [-0.39, 0.29) is 45.7 Å². The van der Waals surface area contributed by atoms with Gasteiger partial charge in [0.05, 0.1) is 41.9 Å². The van der Waals surface area contributed by atoms with Gasteiger partial charge in [-0.1, -0.05) is 30.3 Å². The molecule has 0 saturated carbocycles. The molecule has 10 nitrogen and oxygen atoms in total. The van der Waals surface area contributed by atoms with Crippen LogP contribution in [0.1, 0.15) is 53.3 Å². The number of esters is 2. The van der Waals surface area contributed by atoms with Crippen molar-refractivity contribution in [2.75, 3.05) is 32.2 Å². The minimum absolute atomic E-state index is 0.0406. The lowest BCUT2D eigenvalue weighted by Gasteiger charge is -2.07. The van der Waals surface area contributed by atoms with E-state index < -0.39 is 17.8 Å². The van der Waals surface area contributed by atoms with Crippen molar-refractivity contribution in [3.8, 4) is 0 Å². The molecule has 0 saturated heterocycles. The standard InChI is InChI=1S/C27H27N3O7S2/c1-5-36-26(33)19-16(3)21(27(34)37-12-11-35-4)39-24(19)29-22(31)20-15(2)18-23(38-20)28-14-30(25(18)32)13-17-9-7-6-8-10-17/h6-10,14H,5,11-13H2,1-4H3,(H,29,31). The number of ether oxygens (including phenoxy) is 3. The molecule has 0 aliphatic rings. The Balaban J connectivity index is 1.67. The SMILES string of the molecule is CCOC(=O)c1c(NC(=O)c2sc3ncn(Cc4ccccc4)c(=O)c3c2C)sc(C(=O)OCCOC)c1C. The number of carbonyl (C=O) groups excluding carboxylic acids is 3. The number of aryl methyl sites for hydroxylation is 1. The number of hydrogen-bond acceptors (Lipinski definition) is 10. The Labute approximate surface area is 232 Å². The number of aromatic nitrogens is 2. The Bertz CT molecular complexity index is 1590. The van der Waals surface area contributed by atoms with Gasteiger partial charge in [-0.25, -0.2) is 14.6 Å². The fraction of sp³-hybridized carbons (Fsp3) is 0.296. The highest BCUT2D eigenvalue weighted by Gasteiger charge is 2.29. The summed E-state index contributed by atoms with van der Waals surface area (Å²) in [4.78, 5) is 57.4. The van der Waals surface area contributed by atoms with Crippen LogP contribution < -0.4 is 10.9 Å². The third kappa shape index (κ3) is 5.92. The third-order valence-electron chi connectivity index (χ3n) is 5.88. The quantitative estimate of drug-likeness (QED) is 0.220. The average Bonchev–Trinajstić information content (AvgIpc) is 3.43. The molecule has 0 unspecified atom stereocenters. The van der Waals surface area contributed by atoms with Crippen LogP contribution in [0, 0.1) is 13.8 Å². The van der Waals surface area contributed by atoms with Crippen molar-refractivity contribution in [2.24, 2.45) is 0 Å². The van der Waals surface area contributed by atoms with Crippen LogP contribution in [-0.2, 0) is 20.8 Å². The van der Waals surface area contributed by atoms with Gasteiger partial charge in [-0.2, -0.15) is 0 Å². The van der Waals surface area contributed by atoms with Crippen molar-refractivity contribution in [3.63, 3.8) is 0 Å². The number of nitrogens with zero attached hydrogens (tertiary/aromatic N) is 2. The second-order valence-electron chi connectivity index (χ2n) is 8.46. The summed E-state index contributed by atoms with van der Waals surface area (Å²) in [5.74, 6) is -1.84. The first-order chi connectivity index (χ1) is 18.8. The molecule has 4 aromatic rings. The van der Waals surface area contributed by atoms with Crippen LogP contribution in [0.25, 0.3) is 10.2 Å². The molecule has 1 N–H and O–H groups in total. The number of rotatable bonds is 10. The van der Waals surface area contributed by atoms with Gasteiger partial charge >= 0.3 is 11.9 Å². The van der Waals surface area contributed by atoms with Gasteiger partial charge in [0.2, 0.25) is 0 Å². The molecule has 1 aromatic carbocycles. The van der Waals surface area contributed by atoms with E-state index in [4.69, 9.17) is 14.2 Å². The van der Waals surface area contributed by atoms with E-state index in [0.717, 1.165) is 28.2 Å². The molecule has 0 bridgehead atoms. The van der Waals surface area contributed by atoms with E-state index >= 15 is 0 Å². The Kier molecular flexibility index (Phi) is 8.90. The van der Waals surface area contributed by atoms with E-state index in [0.29, 0.717) is 27.9 Å². The first-order valence-corrected chi connectivity index (χ1v) is 13.7. The maximum atomic E-state index is 13.4. The number of amides is 1. The highest BCUT2D eigenvalue weighted by molar-refractivity contribution is 7.21. The average molecular weight is 570 g/mol. The van der Waals surface area contributed by atoms with Gasteiger partial charge in [-0.15, -0.1) is 22.7 Å². The van der Waals surface area contributed by atoms with Gasteiger partial charge in [-0.05, 0) is 37.5 Å². The first kappa shape index (κ1) is 28.1. The van der Waals surface area contributed by atoms with Crippen molar-refractivity contribution in [2.45, 2.75) is 27.3 Å². The molecule has 204 valence electrons. The molecular weight excluding hydrogens is 542 g/mol. The zero-order valence-electron chi connectivity index (χ0n) is 21.9. The minimum atomic E-state index is -0.670. The first-order valence-electron chi connectivity index (χ1n) is 12.1. The molecule has 39 heavy (non-hydrogen) atoms. The zero-order valence-corrected chi connectivity index (χ0v) is 23.5. The monoisotopic (exact) mass is 569 g/mol. The summed E-state index contributed by atoms with van der Waals surface area (Å²) >= 11 is 2.01. The van der Waals surface area contributed by atoms with Crippen molar-refractivity contribution in [1.29, 1.82) is 0 Å². The number of methoxy groups -OCH3 is 1. The summed E-state index contributed by atoms with van der Waals surface area (Å²) in [6.45, 7) is 5.67. The third-order valence-corrected chi connectivity index (χ3v) is 8.26. The van der Waals surface area contributed by atoms with Crippen LogP contribution in [0.2, 0.25) is 0 Å². The van der Waals surface area contributed by atoms with Crippen molar-refractivity contribution in [3.05, 3.63) is 79.0 Å². The van der Waals surface area contributed by atoms with Crippen LogP contribution in [0.15, 0.2) is 41.5 Å². The highest BCUT2D eigenvalue weighted by atomic mass is 32.1. The number of hydrogen-bond donors (Lipinski definition) is 1. The molecule has 4 rings (SSSR count).